The van der Waals surface area contributed by atoms with Crippen molar-refractivity contribution in [3.63, 3.8) is 0 Å². The molecule has 0 aliphatic heterocycles. The van der Waals surface area contributed by atoms with Crippen LogP contribution in [0.5, 0.6) is 0 Å². The highest BCUT2D eigenvalue weighted by Crippen LogP contribution is 2.12. The fourth-order valence-corrected chi connectivity index (χ4v) is 1.90. The van der Waals surface area contributed by atoms with Crippen LogP contribution in [0.2, 0.25) is 0 Å². The van der Waals surface area contributed by atoms with E-state index in [-0.39, 0.29) is 6.42 Å². The molecule has 1 aromatic carbocycles. The molecule has 2 nitrogen and oxygen atoms in total. The number of carboxylic acids is 1. The normalized spacial score (nSPS) is 12.7. The Morgan fingerprint density at radius 2 is 2.06 bits per heavy atom. The van der Waals surface area contributed by atoms with Gasteiger partial charge in [0.25, 0.3) is 0 Å². The highest BCUT2D eigenvalue weighted by Gasteiger charge is 1.98. The molecule has 0 saturated carbocycles. The molecule has 1 rings (SSSR count). The Morgan fingerprint density at radius 1 is 1.33 bits per heavy atom. The van der Waals surface area contributed by atoms with Crippen LogP contribution < -0.4 is 0 Å². The molecule has 1 atom stereocenters. The zero-order valence-electron chi connectivity index (χ0n) is 11.0. The fraction of sp³-hybridized carbons (Fsp3) is 0.438. The maximum Gasteiger partial charge on any atom is 0.303 e. The molecule has 0 heterocycles. The first-order valence-electron chi connectivity index (χ1n) is 6.61. The number of carbonyl (C=O) groups is 1. The Bertz CT molecular complexity index is 368. The van der Waals surface area contributed by atoms with Gasteiger partial charge in [0.2, 0.25) is 0 Å². The van der Waals surface area contributed by atoms with Gasteiger partial charge in [0, 0.05) is 6.42 Å². The minimum absolute atomic E-state index is 0.229. The standard InChI is InChI=1S/C16H22O2/c1-14(8-5-6-13-16(17)18)9-7-12-15-10-3-2-4-11-15/h2-5,8,10-11,14H,6-7,9,12-13H2,1H3,(H,17,18)/b8-5+/t14-/m1/s1. The van der Waals surface area contributed by atoms with Crippen LogP contribution in [0, 0.1) is 5.92 Å². The Hall–Kier alpha value is -1.57. The summed E-state index contributed by atoms with van der Waals surface area (Å²) in [5.41, 5.74) is 1.39. The van der Waals surface area contributed by atoms with Gasteiger partial charge in [0.1, 0.15) is 0 Å². The summed E-state index contributed by atoms with van der Waals surface area (Å²) < 4.78 is 0. The Kier molecular flexibility index (Phi) is 6.85. The molecule has 98 valence electrons. The van der Waals surface area contributed by atoms with E-state index in [1.54, 1.807) is 0 Å². The van der Waals surface area contributed by atoms with Crippen molar-refractivity contribution in [2.45, 2.75) is 39.0 Å². The zero-order chi connectivity index (χ0) is 13.2. The van der Waals surface area contributed by atoms with Crippen molar-refractivity contribution in [3.05, 3.63) is 48.0 Å². The summed E-state index contributed by atoms with van der Waals surface area (Å²) in [4.78, 5) is 10.3. The predicted octanol–water partition coefficient (Wildman–Crippen LogP) is 4.07. The van der Waals surface area contributed by atoms with Crippen LogP contribution in [0.1, 0.15) is 38.2 Å². The molecule has 18 heavy (non-hydrogen) atoms. The maximum atomic E-state index is 10.3. The lowest BCUT2D eigenvalue weighted by molar-refractivity contribution is -0.136. The van der Waals surface area contributed by atoms with E-state index in [1.165, 1.54) is 12.0 Å². The Morgan fingerprint density at radius 3 is 2.72 bits per heavy atom. The zero-order valence-corrected chi connectivity index (χ0v) is 11.0. The van der Waals surface area contributed by atoms with Crippen LogP contribution in [0.25, 0.3) is 0 Å². The van der Waals surface area contributed by atoms with Crippen molar-refractivity contribution in [1.82, 2.24) is 0 Å². The molecule has 0 radical (unpaired) electrons. The minimum Gasteiger partial charge on any atom is -0.481 e. The minimum atomic E-state index is -0.726. The average molecular weight is 246 g/mol. The van der Waals surface area contributed by atoms with E-state index < -0.39 is 5.97 Å². The highest BCUT2D eigenvalue weighted by atomic mass is 16.4. The second-order valence-electron chi connectivity index (χ2n) is 4.72. The molecule has 0 amide bonds. The number of rotatable bonds is 8. The molecule has 0 spiro atoms. The van der Waals surface area contributed by atoms with Gasteiger partial charge < -0.3 is 5.11 Å². The molecule has 2 heteroatoms. The van der Waals surface area contributed by atoms with Gasteiger partial charge in [-0.3, -0.25) is 4.79 Å². The molecule has 0 unspecified atom stereocenters. The monoisotopic (exact) mass is 246 g/mol. The van der Waals surface area contributed by atoms with E-state index in [4.69, 9.17) is 5.11 Å². The fourth-order valence-electron chi connectivity index (χ4n) is 1.90. The van der Waals surface area contributed by atoms with Crippen molar-refractivity contribution in [2.24, 2.45) is 5.92 Å². The summed E-state index contributed by atoms with van der Waals surface area (Å²) in [5.74, 6) is -0.195. The first-order valence-corrected chi connectivity index (χ1v) is 6.61. The van der Waals surface area contributed by atoms with Gasteiger partial charge in [-0.25, -0.2) is 0 Å². The van der Waals surface area contributed by atoms with Gasteiger partial charge in [-0.15, -0.1) is 0 Å². The van der Waals surface area contributed by atoms with Gasteiger partial charge in [0.05, 0.1) is 0 Å². The Balaban J connectivity index is 2.13. The van der Waals surface area contributed by atoms with Gasteiger partial charge >= 0.3 is 5.97 Å². The van der Waals surface area contributed by atoms with Crippen molar-refractivity contribution >= 4 is 5.97 Å². The molecule has 0 aliphatic carbocycles. The SMILES string of the molecule is C[C@H](/C=C/CCC(=O)O)CCCc1ccccc1. The van der Waals surface area contributed by atoms with Crippen LogP contribution in [0.4, 0.5) is 0 Å². The Labute approximate surface area is 109 Å². The summed E-state index contributed by atoms with van der Waals surface area (Å²) in [5, 5.41) is 8.51. The van der Waals surface area contributed by atoms with E-state index in [1.807, 2.05) is 12.1 Å². The first kappa shape index (κ1) is 14.5. The maximum absolute atomic E-state index is 10.3. The van der Waals surface area contributed by atoms with E-state index >= 15 is 0 Å². The molecular formula is C16H22O2. The molecule has 1 aromatic rings. The van der Waals surface area contributed by atoms with Gasteiger partial charge in [0.15, 0.2) is 0 Å². The summed E-state index contributed by atoms with van der Waals surface area (Å²) >= 11 is 0. The van der Waals surface area contributed by atoms with Crippen molar-refractivity contribution < 1.29 is 9.90 Å². The number of benzene rings is 1. The van der Waals surface area contributed by atoms with E-state index in [2.05, 4.69) is 37.3 Å². The van der Waals surface area contributed by atoms with Gasteiger partial charge in [-0.05, 0) is 37.2 Å². The third kappa shape index (κ3) is 6.89. The van der Waals surface area contributed by atoms with Crippen LogP contribution in [0.3, 0.4) is 0 Å². The smallest absolute Gasteiger partial charge is 0.303 e. The van der Waals surface area contributed by atoms with Crippen molar-refractivity contribution in [2.75, 3.05) is 0 Å². The van der Waals surface area contributed by atoms with Crippen molar-refractivity contribution in [1.29, 1.82) is 0 Å². The molecule has 1 N–H and O–H groups in total. The third-order valence-corrected chi connectivity index (χ3v) is 2.96. The summed E-state index contributed by atoms with van der Waals surface area (Å²) in [6, 6.07) is 10.5. The van der Waals surface area contributed by atoms with Crippen LogP contribution in [0.15, 0.2) is 42.5 Å². The number of aryl methyl sites for hydroxylation is 1. The number of allylic oxidation sites excluding steroid dienone is 2. The van der Waals surface area contributed by atoms with Gasteiger partial charge in [-0.1, -0.05) is 49.4 Å². The summed E-state index contributed by atoms with van der Waals surface area (Å²) in [6.45, 7) is 2.18. The first-order chi connectivity index (χ1) is 8.68. The van der Waals surface area contributed by atoms with E-state index in [9.17, 15) is 4.79 Å². The summed E-state index contributed by atoms with van der Waals surface area (Å²) in [6.07, 6.45) is 8.43. The largest absolute Gasteiger partial charge is 0.481 e. The number of carboxylic acid groups (broad SMARTS) is 1. The van der Waals surface area contributed by atoms with Crippen LogP contribution in [-0.4, -0.2) is 11.1 Å². The lowest BCUT2D eigenvalue weighted by atomic mass is 10.0. The van der Waals surface area contributed by atoms with Crippen molar-refractivity contribution in [3.8, 4) is 0 Å². The molecule has 0 saturated heterocycles. The molecule has 0 fully saturated rings. The topological polar surface area (TPSA) is 37.3 Å². The second-order valence-corrected chi connectivity index (χ2v) is 4.72. The molecule has 0 aromatic heterocycles. The summed E-state index contributed by atoms with van der Waals surface area (Å²) in [7, 11) is 0. The number of aliphatic carboxylic acids is 1. The van der Waals surface area contributed by atoms with Crippen LogP contribution >= 0.6 is 0 Å². The van der Waals surface area contributed by atoms with E-state index in [0.29, 0.717) is 12.3 Å². The molecular weight excluding hydrogens is 224 g/mol. The number of hydrogen-bond donors (Lipinski definition) is 1. The predicted molar refractivity (Wildman–Crippen MR) is 74.6 cm³/mol. The quantitative estimate of drug-likeness (QED) is 0.702. The average Bonchev–Trinajstić information content (AvgIpc) is 2.36. The van der Waals surface area contributed by atoms with E-state index in [0.717, 1.165) is 12.8 Å². The lowest BCUT2D eigenvalue weighted by Crippen LogP contribution is -1.94. The van der Waals surface area contributed by atoms with Gasteiger partial charge in [-0.2, -0.15) is 0 Å². The highest BCUT2D eigenvalue weighted by molar-refractivity contribution is 5.66. The molecule has 0 aliphatic rings. The third-order valence-electron chi connectivity index (χ3n) is 2.96. The van der Waals surface area contributed by atoms with Crippen LogP contribution in [-0.2, 0) is 11.2 Å². The lowest BCUT2D eigenvalue weighted by Gasteiger charge is -2.06. The second kappa shape index (κ2) is 8.51. The number of hydrogen-bond acceptors (Lipinski definition) is 1. The molecule has 0 bridgehead atoms.